The Morgan fingerprint density at radius 3 is 2.10 bits per heavy atom. The van der Waals surface area contributed by atoms with E-state index < -0.39 is 0 Å². The highest BCUT2D eigenvalue weighted by molar-refractivity contribution is 6.00. The second-order valence-corrected chi connectivity index (χ2v) is 4.82. The number of hydrogen-bond acceptors (Lipinski definition) is 3. The van der Waals surface area contributed by atoms with Crippen LogP contribution in [0.1, 0.15) is 23.2 Å². The van der Waals surface area contributed by atoms with Crippen molar-refractivity contribution in [2.75, 3.05) is 13.2 Å². The van der Waals surface area contributed by atoms with Crippen LogP contribution >= 0.6 is 0 Å². The van der Waals surface area contributed by atoms with Crippen molar-refractivity contribution < 1.29 is 9.53 Å². The Labute approximate surface area is 125 Å². The molecule has 1 aromatic rings. The third-order valence-corrected chi connectivity index (χ3v) is 3.42. The van der Waals surface area contributed by atoms with Crippen LogP contribution in [0.15, 0.2) is 54.6 Å². The Morgan fingerprint density at radius 1 is 1.05 bits per heavy atom. The van der Waals surface area contributed by atoms with Gasteiger partial charge in [-0.3, -0.25) is 15.1 Å². The SMILES string of the molecule is N=CN(C(=O)c1ccccccccc1)C1CCOCC1. The van der Waals surface area contributed by atoms with Crippen molar-refractivity contribution in [1.29, 1.82) is 5.41 Å². The maximum Gasteiger partial charge on any atom is 0.259 e. The van der Waals surface area contributed by atoms with Gasteiger partial charge >= 0.3 is 0 Å². The minimum absolute atomic E-state index is 0.0490. The van der Waals surface area contributed by atoms with Crippen molar-refractivity contribution in [3.63, 3.8) is 0 Å². The largest absolute Gasteiger partial charge is 0.381 e. The van der Waals surface area contributed by atoms with Crippen molar-refractivity contribution in [2.24, 2.45) is 0 Å². The van der Waals surface area contributed by atoms with Gasteiger partial charge in [0.05, 0.1) is 6.34 Å². The van der Waals surface area contributed by atoms with Gasteiger partial charge in [-0.2, -0.15) is 0 Å². The van der Waals surface area contributed by atoms with E-state index >= 15 is 0 Å². The number of rotatable bonds is 3. The minimum atomic E-state index is -0.143. The summed E-state index contributed by atoms with van der Waals surface area (Å²) in [6, 6.07) is 16.7. The molecule has 1 fully saturated rings. The topological polar surface area (TPSA) is 53.4 Å². The fourth-order valence-electron chi connectivity index (χ4n) is 2.28. The lowest BCUT2D eigenvalue weighted by molar-refractivity contribution is 0.0475. The van der Waals surface area contributed by atoms with E-state index in [0.29, 0.717) is 18.8 Å². The molecule has 1 N–H and O–H groups in total. The molecular formula is C17H20N2O2. The summed E-state index contributed by atoms with van der Waals surface area (Å²) >= 11 is 0. The molecule has 0 atom stereocenters. The molecule has 0 saturated carbocycles. The van der Waals surface area contributed by atoms with Gasteiger partial charge in [0.25, 0.3) is 5.91 Å². The van der Waals surface area contributed by atoms with Crippen LogP contribution in [0.25, 0.3) is 0 Å². The van der Waals surface area contributed by atoms with Crippen molar-refractivity contribution in [1.82, 2.24) is 4.90 Å². The van der Waals surface area contributed by atoms with E-state index in [-0.39, 0.29) is 11.9 Å². The smallest absolute Gasteiger partial charge is 0.259 e. The first-order chi connectivity index (χ1) is 10.3. The third kappa shape index (κ3) is 4.39. The zero-order valence-electron chi connectivity index (χ0n) is 11.9. The highest BCUT2D eigenvalue weighted by Gasteiger charge is 2.24. The van der Waals surface area contributed by atoms with Gasteiger partial charge < -0.3 is 4.74 Å². The van der Waals surface area contributed by atoms with E-state index in [4.69, 9.17) is 10.1 Å². The Hall–Kier alpha value is -2.20. The van der Waals surface area contributed by atoms with Gasteiger partial charge in [0, 0.05) is 24.8 Å². The normalized spacial score (nSPS) is 14.9. The van der Waals surface area contributed by atoms with E-state index in [1.54, 1.807) is 12.1 Å². The molecule has 4 heteroatoms. The van der Waals surface area contributed by atoms with Crippen LogP contribution in [0.5, 0.6) is 0 Å². The summed E-state index contributed by atoms with van der Waals surface area (Å²) < 4.78 is 5.32. The van der Waals surface area contributed by atoms with Crippen LogP contribution in [0.4, 0.5) is 0 Å². The highest BCUT2D eigenvalue weighted by Crippen LogP contribution is 2.15. The Balaban J connectivity index is 2.26. The van der Waals surface area contributed by atoms with Crippen LogP contribution in [0, 0.1) is 5.41 Å². The number of nitrogens with one attached hydrogen (secondary N) is 1. The zero-order chi connectivity index (χ0) is 14.9. The standard InChI is InChI=1S/C17H20N2O2/c18-14-19(16-10-12-21-13-11-16)17(20)15-8-6-4-2-1-3-5-7-9-15/h1-9,14,16,18H,10-13H2. The predicted octanol–water partition coefficient (Wildman–Crippen LogP) is 3.04. The molecule has 0 bridgehead atoms. The first-order valence-corrected chi connectivity index (χ1v) is 7.12. The maximum absolute atomic E-state index is 12.6. The van der Waals surface area contributed by atoms with E-state index in [2.05, 4.69) is 0 Å². The van der Waals surface area contributed by atoms with Gasteiger partial charge in [-0.05, 0) is 25.0 Å². The highest BCUT2D eigenvalue weighted by atomic mass is 16.5. The average Bonchev–Trinajstić information content (AvgIpc) is 2.54. The number of hydrogen-bond donors (Lipinski definition) is 1. The molecule has 0 aliphatic carbocycles. The Kier molecular flexibility index (Phi) is 5.91. The molecule has 0 spiro atoms. The van der Waals surface area contributed by atoms with Gasteiger partial charge in [0.2, 0.25) is 0 Å². The summed E-state index contributed by atoms with van der Waals surface area (Å²) in [5.74, 6) is -0.143. The summed E-state index contributed by atoms with van der Waals surface area (Å²) in [6.07, 6.45) is 2.68. The fraction of sp³-hybridized carbons (Fsp3) is 0.294. The number of nitrogens with zero attached hydrogens (tertiary/aromatic N) is 1. The quantitative estimate of drug-likeness (QED) is 0.685. The average molecular weight is 284 g/mol. The van der Waals surface area contributed by atoms with Crippen LogP contribution in [0.3, 0.4) is 0 Å². The lowest BCUT2D eigenvalue weighted by Gasteiger charge is -2.30. The molecule has 1 amide bonds. The molecule has 1 aliphatic heterocycles. The second kappa shape index (κ2) is 8.17. The molecule has 2 rings (SSSR count). The third-order valence-electron chi connectivity index (χ3n) is 3.42. The summed E-state index contributed by atoms with van der Waals surface area (Å²) in [5, 5.41) is 7.57. The molecule has 0 aromatic heterocycles. The van der Waals surface area contributed by atoms with Crippen molar-refractivity contribution in [3.05, 3.63) is 60.2 Å². The monoisotopic (exact) mass is 284 g/mol. The molecule has 0 unspecified atom stereocenters. The van der Waals surface area contributed by atoms with E-state index in [9.17, 15) is 4.79 Å². The van der Waals surface area contributed by atoms with E-state index in [1.165, 1.54) is 4.90 Å². The Morgan fingerprint density at radius 2 is 1.57 bits per heavy atom. The molecule has 110 valence electrons. The van der Waals surface area contributed by atoms with Crippen molar-refractivity contribution in [3.8, 4) is 0 Å². The number of amides is 1. The predicted molar refractivity (Wildman–Crippen MR) is 82.9 cm³/mol. The van der Waals surface area contributed by atoms with Gasteiger partial charge in [-0.15, -0.1) is 0 Å². The summed E-state index contributed by atoms with van der Waals surface area (Å²) in [4.78, 5) is 14.1. The molecule has 1 aromatic carbocycles. The minimum Gasteiger partial charge on any atom is -0.381 e. The first kappa shape index (κ1) is 15.2. The van der Waals surface area contributed by atoms with Gasteiger partial charge in [0.15, 0.2) is 0 Å². The summed E-state index contributed by atoms with van der Waals surface area (Å²) in [7, 11) is 0. The van der Waals surface area contributed by atoms with E-state index in [0.717, 1.165) is 19.2 Å². The molecule has 1 heterocycles. The van der Waals surface area contributed by atoms with Crippen molar-refractivity contribution in [2.45, 2.75) is 18.9 Å². The Bertz CT molecular complexity index is 513. The van der Waals surface area contributed by atoms with Crippen LogP contribution in [-0.2, 0) is 4.74 Å². The molecule has 1 aliphatic rings. The van der Waals surface area contributed by atoms with Crippen LogP contribution < -0.4 is 0 Å². The van der Waals surface area contributed by atoms with Gasteiger partial charge in [-0.25, -0.2) is 0 Å². The lowest BCUT2D eigenvalue weighted by atomic mass is 10.1. The van der Waals surface area contributed by atoms with Crippen molar-refractivity contribution >= 4 is 12.2 Å². The van der Waals surface area contributed by atoms with E-state index in [1.807, 2.05) is 42.5 Å². The van der Waals surface area contributed by atoms with Gasteiger partial charge in [-0.1, -0.05) is 42.5 Å². The summed E-state index contributed by atoms with van der Waals surface area (Å²) in [5.41, 5.74) is 0.571. The fourth-order valence-corrected chi connectivity index (χ4v) is 2.28. The second-order valence-electron chi connectivity index (χ2n) is 4.82. The molecule has 0 radical (unpaired) electrons. The number of carbonyl (C=O) groups is 1. The maximum atomic E-state index is 12.6. The molecular weight excluding hydrogens is 264 g/mol. The first-order valence-electron chi connectivity index (χ1n) is 7.12. The van der Waals surface area contributed by atoms with Crippen LogP contribution in [-0.4, -0.2) is 36.4 Å². The molecule has 4 nitrogen and oxygen atoms in total. The lowest BCUT2D eigenvalue weighted by Crippen LogP contribution is -2.42. The zero-order valence-corrected chi connectivity index (χ0v) is 11.9. The molecule has 1 saturated heterocycles. The van der Waals surface area contributed by atoms with Gasteiger partial charge in [0.1, 0.15) is 0 Å². The van der Waals surface area contributed by atoms with Crippen LogP contribution in [0.2, 0.25) is 0 Å². The number of carbonyl (C=O) groups excluding carboxylic acids is 1. The summed E-state index contributed by atoms with van der Waals surface area (Å²) in [6.45, 7) is 1.29. The number of ether oxygens (including phenoxy) is 1. The molecule has 21 heavy (non-hydrogen) atoms.